The monoisotopic (exact) mass is 556 g/mol. The molecule has 40 heavy (non-hydrogen) atoms. The number of hydrogen-bond donors (Lipinski definition) is 3. The lowest BCUT2D eigenvalue weighted by atomic mass is 9.91. The molecular weight excluding hydrogens is 516 g/mol. The molecule has 2 aromatic rings. The molecule has 0 aliphatic heterocycles. The number of amides is 2. The summed E-state index contributed by atoms with van der Waals surface area (Å²) in [7, 11) is 0. The fraction of sp³-hybridized carbons (Fsp3) is 0.517. The van der Waals surface area contributed by atoms with Gasteiger partial charge in [-0.2, -0.15) is 0 Å². The molecule has 0 radical (unpaired) electrons. The molecule has 0 atom stereocenters. The van der Waals surface area contributed by atoms with Crippen molar-refractivity contribution in [2.24, 2.45) is 0 Å². The number of hydrogen-bond acceptors (Lipinski definition) is 8. The molecule has 2 aromatic carbocycles. The van der Waals surface area contributed by atoms with Crippen molar-refractivity contribution in [3.63, 3.8) is 0 Å². The summed E-state index contributed by atoms with van der Waals surface area (Å²) >= 11 is 0. The molecule has 0 bridgehead atoms. The lowest BCUT2D eigenvalue weighted by Gasteiger charge is -2.31. The Morgan fingerprint density at radius 1 is 0.950 bits per heavy atom. The topological polar surface area (TPSA) is 141 Å². The molecule has 1 aliphatic carbocycles. The highest BCUT2D eigenvalue weighted by atomic mass is 16.6. The first-order valence-electron chi connectivity index (χ1n) is 13.7. The molecular formula is C29H40N4O7. The van der Waals surface area contributed by atoms with Gasteiger partial charge in [0.25, 0.3) is 11.6 Å². The highest BCUT2D eigenvalue weighted by molar-refractivity contribution is 6.00. The van der Waals surface area contributed by atoms with Crippen LogP contribution in [-0.2, 0) is 11.3 Å². The molecule has 0 aromatic heterocycles. The third-order valence-corrected chi connectivity index (χ3v) is 6.33. The van der Waals surface area contributed by atoms with Crippen LogP contribution in [0, 0.1) is 10.1 Å². The van der Waals surface area contributed by atoms with Crippen molar-refractivity contribution < 1.29 is 28.7 Å². The molecule has 218 valence electrons. The predicted octanol–water partition coefficient (Wildman–Crippen LogP) is 5.57. The molecule has 2 amide bonds. The van der Waals surface area contributed by atoms with Crippen molar-refractivity contribution in [2.45, 2.75) is 84.5 Å². The molecule has 11 heteroatoms. The first-order valence-corrected chi connectivity index (χ1v) is 13.7. The van der Waals surface area contributed by atoms with Gasteiger partial charge in [0.1, 0.15) is 5.60 Å². The van der Waals surface area contributed by atoms with E-state index in [1.54, 1.807) is 12.1 Å². The fourth-order valence-corrected chi connectivity index (χ4v) is 4.52. The quantitative estimate of drug-likeness (QED) is 0.241. The van der Waals surface area contributed by atoms with Crippen LogP contribution in [0.2, 0.25) is 0 Å². The first kappa shape index (κ1) is 30.5. The summed E-state index contributed by atoms with van der Waals surface area (Å²) in [6, 6.07) is 9.74. The Kier molecular flexibility index (Phi) is 10.6. The Morgan fingerprint density at radius 3 is 2.23 bits per heavy atom. The van der Waals surface area contributed by atoms with E-state index in [1.807, 2.05) is 46.8 Å². The number of ether oxygens (including phenoxy) is 3. The zero-order chi connectivity index (χ0) is 29.3. The molecule has 1 fully saturated rings. The van der Waals surface area contributed by atoms with Crippen molar-refractivity contribution in [3.8, 4) is 11.5 Å². The lowest BCUT2D eigenvalue weighted by molar-refractivity contribution is -0.384. The van der Waals surface area contributed by atoms with Crippen molar-refractivity contribution in [3.05, 3.63) is 57.6 Å². The number of alkyl carbamates (subject to hydrolysis) is 1. The summed E-state index contributed by atoms with van der Waals surface area (Å²) in [6.45, 7) is 10.4. The van der Waals surface area contributed by atoms with Crippen LogP contribution in [-0.4, -0.2) is 47.8 Å². The van der Waals surface area contributed by atoms with Crippen LogP contribution >= 0.6 is 0 Å². The Labute approximate surface area is 235 Å². The van der Waals surface area contributed by atoms with Crippen molar-refractivity contribution >= 4 is 23.4 Å². The molecule has 0 saturated heterocycles. The Balaban J connectivity index is 1.66. The highest BCUT2D eigenvalue weighted by Crippen LogP contribution is 2.30. The maximum atomic E-state index is 13.2. The van der Waals surface area contributed by atoms with E-state index in [2.05, 4.69) is 16.0 Å². The zero-order valence-electron chi connectivity index (χ0n) is 23.9. The van der Waals surface area contributed by atoms with Crippen LogP contribution < -0.4 is 25.4 Å². The largest absolute Gasteiger partial charge is 0.490 e. The SMILES string of the molecule is CCOc1ccc(CNC(=O)c2cc([N+](=O)[O-])ccc2N[C@H]2CC[C@@H](NC(=O)OC(C)(C)C)CC2)cc1OCC. The molecule has 1 aliphatic rings. The highest BCUT2D eigenvalue weighted by Gasteiger charge is 2.26. The van der Waals surface area contributed by atoms with Gasteiger partial charge in [-0.3, -0.25) is 14.9 Å². The van der Waals surface area contributed by atoms with Crippen LogP contribution in [0.3, 0.4) is 0 Å². The smallest absolute Gasteiger partial charge is 0.407 e. The van der Waals surface area contributed by atoms with E-state index < -0.39 is 22.5 Å². The van der Waals surface area contributed by atoms with Crippen LogP contribution in [0.1, 0.15) is 76.2 Å². The van der Waals surface area contributed by atoms with Crippen molar-refractivity contribution in [2.75, 3.05) is 18.5 Å². The van der Waals surface area contributed by atoms with Gasteiger partial charge in [-0.05, 0) is 84.1 Å². The normalized spacial score (nSPS) is 16.9. The first-order chi connectivity index (χ1) is 19.0. The molecule has 0 spiro atoms. The Hall–Kier alpha value is -4.02. The van der Waals surface area contributed by atoms with Gasteiger partial charge in [-0.15, -0.1) is 0 Å². The third-order valence-electron chi connectivity index (χ3n) is 6.33. The summed E-state index contributed by atoms with van der Waals surface area (Å²) in [4.78, 5) is 36.3. The van der Waals surface area contributed by atoms with E-state index in [-0.39, 0.29) is 29.9 Å². The number of non-ortho nitro benzene ring substituents is 1. The second-order valence-electron chi connectivity index (χ2n) is 10.7. The van der Waals surface area contributed by atoms with E-state index in [4.69, 9.17) is 14.2 Å². The maximum absolute atomic E-state index is 13.2. The number of anilines is 1. The number of rotatable bonds is 11. The van der Waals surface area contributed by atoms with Gasteiger partial charge in [-0.1, -0.05) is 6.07 Å². The van der Waals surface area contributed by atoms with Crippen LogP contribution in [0.15, 0.2) is 36.4 Å². The number of carbonyl (C=O) groups is 2. The minimum absolute atomic E-state index is 0.00298. The summed E-state index contributed by atoms with van der Waals surface area (Å²) < 4.78 is 16.6. The molecule has 3 N–H and O–H groups in total. The predicted molar refractivity (Wildman–Crippen MR) is 152 cm³/mol. The van der Waals surface area contributed by atoms with Gasteiger partial charge >= 0.3 is 6.09 Å². The maximum Gasteiger partial charge on any atom is 0.407 e. The average molecular weight is 557 g/mol. The Bertz CT molecular complexity index is 1190. The second-order valence-corrected chi connectivity index (χ2v) is 10.7. The number of nitrogens with zero attached hydrogens (tertiary/aromatic N) is 1. The van der Waals surface area contributed by atoms with Gasteiger partial charge < -0.3 is 30.2 Å². The van der Waals surface area contributed by atoms with Crippen LogP contribution in [0.4, 0.5) is 16.2 Å². The molecule has 1 saturated carbocycles. The minimum Gasteiger partial charge on any atom is -0.490 e. The summed E-state index contributed by atoms with van der Waals surface area (Å²) in [5, 5.41) is 20.6. The molecule has 11 nitrogen and oxygen atoms in total. The number of carbonyl (C=O) groups excluding carboxylic acids is 2. The van der Waals surface area contributed by atoms with Gasteiger partial charge in [0.2, 0.25) is 0 Å². The number of benzene rings is 2. The zero-order valence-corrected chi connectivity index (χ0v) is 23.9. The van der Waals surface area contributed by atoms with Gasteiger partial charge in [0.05, 0.1) is 23.7 Å². The van der Waals surface area contributed by atoms with Gasteiger partial charge in [0.15, 0.2) is 11.5 Å². The van der Waals surface area contributed by atoms with Crippen molar-refractivity contribution in [1.82, 2.24) is 10.6 Å². The third kappa shape index (κ3) is 9.03. The summed E-state index contributed by atoms with van der Waals surface area (Å²) in [6.07, 6.45) is 2.56. The second kappa shape index (κ2) is 13.9. The van der Waals surface area contributed by atoms with E-state index in [9.17, 15) is 19.7 Å². The lowest BCUT2D eigenvalue weighted by Crippen LogP contribution is -2.42. The number of nitrogens with one attached hydrogen (secondary N) is 3. The number of nitro benzene ring substituents is 1. The van der Waals surface area contributed by atoms with Crippen LogP contribution in [0.25, 0.3) is 0 Å². The van der Waals surface area contributed by atoms with Gasteiger partial charge in [-0.25, -0.2) is 4.79 Å². The van der Waals surface area contributed by atoms with Gasteiger partial charge in [0, 0.05) is 36.4 Å². The summed E-state index contributed by atoms with van der Waals surface area (Å²) in [5.74, 6) is 0.782. The van der Waals surface area contributed by atoms with E-state index in [0.29, 0.717) is 30.4 Å². The fourth-order valence-electron chi connectivity index (χ4n) is 4.52. The molecule has 0 unspecified atom stereocenters. The average Bonchev–Trinajstić information content (AvgIpc) is 2.89. The molecule has 0 heterocycles. The number of nitro groups is 1. The van der Waals surface area contributed by atoms with E-state index >= 15 is 0 Å². The van der Waals surface area contributed by atoms with Crippen molar-refractivity contribution in [1.29, 1.82) is 0 Å². The van der Waals surface area contributed by atoms with E-state index in [1.165, 1.54) is 12.1 Å². The summed E-state index contributed by atoms with van der Waals surface area (Å²) in [5.41, 5.74) is 0.790. The van der Waals surface area contributed by atoms with E-state index in [0.717, 1.165) is 31.2 Å². The molecule has 3 rings (SSSR count). The minimum atomic E-state index is -0.561. The standard InChI is InChI=1S/C29H40N4O7/c1-6-38-25-15-8-19(16-26(25)39-7-2)18-30-27(34)23-17-22(33(36)37)13-14-24(23)31-20-9-11-21(12-10-20)32-28(35)40-29(3,4)5/h8,13-17,20-21,31H,6-7,9-12,18H2,1-5H3,(H,30,34)(H,32,35)/t20-,21+. The Morgan fingerprint density at radius 2 is 1.60 bits per heavy atom. The van der Waals surface area contributed by atoms with Crippen LogP contribution in [0.5, 0.6) is 11.5 Å².